The molecule has 3 rings (SSSR count). The lowest BCUT2D eigenvalue weighted by Crippen LogP contribution is -2.39. The summed E-state index contributed by atoms with van der Waals surface area (Å²) >= 11 is 1.14. The molecule has 1 atom stereocenters. The minimum absolute atomic E-state index is 0.162. The Balaban J connectivity index is 1.57. The molecule has 1 aromatic heterocycles. The number of nitrogens with one attached hydrogen (secondary N) is 3. The largest absolute Gasteiger partial charge is 0.344 e. The number of para-hydroxylation sites is 1. The number of rotatable bonds is 5. The van der Waals surface area contributed by atoms with Crippen LogP contribution in [-0.4, -0.2) is 32.0 Å². The van der Waals surface area contributed by atoms with Crippen molar-refractivity contribution in [2.75, 3.05) is 5.32 Å². The van der Waals surface area contributed by atoms with Crippen LogP contribution in [0, 0.1) is 0 Å². The first-order valence-electron chi connectivity index (χ1n) is 7.55. The number of amides is 3. The van der Waals surface area contributed by atoms with Gasteiger partial charge in [-0.2, -0.15) is 0 Å². The number of hydrogen-bond acceptors (Lipinski definition) is 5. The van der Waals surface area contributed by atoms with E-state index < -0.39 is 17.2 Å². The third kappa shape index (κ3) is 3.85. The van der Waals surface area contributed by atoms with Crippen molar-refractivity contribution < 1.29 is 9.59 Å². The topological polar surface area (TPSA) is 109 Å². The number of H-pyrrole nitrogens is 1. The van der Waals surface area contributed by atoms with E-state index in [1.165, 1.54) is 0 Å². The lowest BCUT2D eigenvalue weighted by molar-refractivity contribution is -0.119. The van der Waals surface area contributed by atoms with Crippen LogP contribution >= 0.6 is 11.8 Å². The Labute approximate surface area is 142 Å². The fourth-order valence-corrected chi connectivity index (χ4v) is 3.06. The van der Waals surface area contributed by atoms with Gasteiger partial charge in [0.1, 0.15) is 0 Å². The monoisotopic (exact) mass is 347 g/mol. The Morgan fingerprint density at radius 3 is 2.71 bits per heavy atom. The molecule has 1 aliphatic carbocycles. The summed E-state index contributed by atoms with van der Waals surface area (Å²) in [6.45, 7) is 1.66. The number of nitrogens with zero attached hydrogens (tertiary/aromatic N) is 2. The molecule has 1 heterocycles. The summed E-state index contributed by atoms with van der Waals surface area (Å²) in [5.41, 5.74) is 0.326. The van der Waals surface area contributed by atoms with Gasteiger partial charge < -0.3 is 5.32 Å². The molecule has 0 spiro atoms. The highest BCUT2D eigenvalue weighted by molar-refractivity contribution is 8.00. The minimum Gasteiger partial charge on any atom is -0.308 e. The van der Waals surface area contributed by atoms with Gasteiger partial charge in [0.15, 0.2) is 5.16 Å². The van der Waals surface area contributed by atoms with Crippen LogP contribution in [0.1, 0.15) is 25.8 Å². The average Bonchev–Trinajstić information content (AvgIpc) is 3.32. The third-order valence-corrected chi connectivity index (χ3v) is 4.57. The standard InChI is InChI=1S/C15H17N5O3S/c1-9(24-15-19-18-14(23)20(15)11-7-8-11)12(21)17-13(22)16-10-5-3-2-4-6-10/h2-6,9,11H,7-8H2,1H3,(H,18,23)(H2,16,17,21,22)/t9-/m0/s1. The summed E-state index contributed by atoms with van der Waals surface area (Å²) in [4.78, 5) is 35.7. The highest BCUT2D eigenvalue weighted by Gasteiger charge is 2.30. The van der Waals surface area contributed by atoms with Crippen LogP contribution in [0.15, 0.2) is 40.3 Å². The van der Waals surface area contributed by atoms with Gasteiger partial charge in [0.25, 0.3) is 0 Å². The van der Waals surface area contributed by atoms with Gasteiger partial charge in [-0.25, -0.2) is 14.7 Å². The van der Waals surface area contributed by atoms with Gasteiger partial charge in [-0.15, -0.1) is 5.10 Å². The Hall–Kier alpha value is -2.55. The second-order valence-electron chi connectivity index (χ2n) is 5.48. The quantitative estimate of drug-likeness (QED) is 0.714. The first-order chi connectivity index (χ1) is 11.5. The SMILES string of the molecule is C[C@H](Sc1n[nH]c(=O)n1C1CC1)C(=O)NC(=O)Nc1ccccc1. The summed E-state index contributed by atoms with van der Waals surface area (Å²) in [5, 5.41) is 11.1. The van der Waals surface area contributed by atoms with E-state index >= 15 is 0 Å². The maximum Gasteiger partial charge on any atom is 0.344 e. The van der Waals surface area contributed by atoms with E-state index in [0.717, 1.165) is 24.6 Å². The number of benzene rings is 1. The molecular formula is C15H17N5O3S. The average molecular weight is 347 g/mol. The van der Waals surface area contributed by atoms with Gasteiger partial charge >= 0.3 is 11.7 Å². The van der Waals surface area contributed by atoms with Crippen LogP contribution in [0.25, 0.3) is 0 Å². The number of aromatic nitrogens is 3. The lowest BCUT2D eigenvalue weighted by atomic mass is 10.3. The normalized spacial score (nSPS) is 14.9. The van der Waals surface area contributed by atoms with E-state index in [-0.39, 0.29) is 11.7 Å². The van der Waals surface area contributed by atoms with Crippen LogP contribution in [0.4, 0.5) is 10.5 Å². The van der Waals surface area contributed by atoms with Crippen LogP contribution in [-0.2, 0) is 4.79 Å². The lowest BCUT2D eigenvalue weighted by Gasteiger charge is -2.11. The molecule has 0 aliphatic heterocycles. The predicted molar refractivity (Wildman–Crippen MR) is 90.0 cm³/mol. The second-order valence-corrected chi connectivity index (χ2v) is 6.79. The van der Waals surface area contributed by atoms with Gasteiger partial charge in [0.2, 0.25) is 5.91 Å². The molecule has 2 aromatic rings. The molecule has 3 amide bonds. The summed E-state index contributed by atoms with van der Waals surface area (Å²) in [6, 6.07) is 8.40. The Kier molecular flexibility index (Phi) is 4.70. The highest BCUT2D eigenvalue weighted by Crippen LogP contribution is 2.36. The summed E-state index contributed by atoms with van der Waals surface area (Å²) in [7, 11) is 0. The van der Waals surface area contributed by atoms with Crippen molar-refractivity contribution in [1.29, 1.82) is 0 Å². The summed E-state index contributed by atoms with van der Waals surface area (Å²) in [5.74, 6) is -0.453. The van der Waals surface area contributed by atoms with Crippen LogP contribution in [0.5, 0.6) is 0 Å². The zero-order valence-electron chi connectivity index (χ0n) is 13.0. The molecule has 1 fully saturated rings. The number of anilines is 1. The fourth-order valence-electron chi connectivity index (χ4n) is 2.14. The molecule has 8 nitrogen and oxygen atoms in total. The minimum atomic E-state index is -0.597. The number of hydrogen-bond donors (Lipinski definition) is 3. The number of carbonyl (C=O) groups is 2. The van der Waals surface area contributed by atoms with Crippen LogP contribution < -0.4 is 16.3 Å². The zero-order chi connectivity index (χ0) is 17.1. The molecule has 0 saturated heterocycles. The van der Waals surface area contributed by atoms with Crippen molar-refractivity contribution >= 4 is 29.4 Å². The molecule has 0 radical (unpaired) electrons. The fraction of sp³-hybridized carbons (Fsp3) is 0.333. The molecule has 9 heteroatoms. The Morgan fingerprint density at radius 1 is 1.33 bits per heavy atom. The van der Waals surface area contributed by atoms with E-state index in [2.05, 4.69) is 20.8 Å². The number of aromatic amines is 1. The van der Waals surface area contributed by atoms with Crippen molar-refractivity contribution in [3.8, 4) is 0 Å². The van der Waals surface area contributed by atoms with E-state index in [1.54, 1.807) is 35.8 Å². The molecule has 3 N–H and O–H groups in total. The number of thioether (sulfide) groups is 1. The van der Waals surface area contributed by atoms with E-state index in [0.29, 0.717) is 10.8 Å². The molecule has 1 saturated carbocycles. The van der Waals surface area contributed by atoms with Gasteiger partial charge in [0.05, 0.1) is 5.25 Å². The first-order valence-corrected chi connectivity index (χ1v) is 8.43. The van der Waals surface area contributed by atoms with Crippen molar-refractivity contribution in [2.24, 2.45) is 0 Å². The molecule has 0 bridgehead atoms. The second kappa shape index (κ2) is 6.91. The predicted octanol–water partition coefficient (Wildman–Crippen LogP) is 1.74. The Morgan fingerprint density at radius 2 is 2.04 bits per heavy atom. The van der Waals surface area contributed by atoms with Gasteiger partial charge in [0, 0.05) is 11.7 Å². The molecule has 1 aliphatic rings. The van der Waals surface area contributed by atoms with E-state index in [4.69, 9.17) is 0 Å². The smallest absolute Gasteiger partial charge is 0.308 e. The molecule has 24 heavy (non-hydrogen) atoms. The summed E-state index contributed by atoms with van der Waals surface area (Å²) < 4.78 is 1.57. The highest BCUT2D eigenvalue weighted by atomic mass is 32.2. The molecule has 0 unspecified atom stereocenters. The van der Waals surface area contributed by atoms with E-state index in [9.17, 15) is 14.4 Å². The zero-order valence-corrected chi connectivity index (χ0v) is 13.8. The van der Waals surface area contributed by atoms with E-state index in [1.807, 2.05) is 6.07 Å². The molecule has 1 aromatic carbocycles. The molecular weight excluding hydrogens is 330 g/mol. The number of imide groups is 1. The van der Waals surface area contributed by atoms with Gasteiger partial charge in [-0.05, 0) is 31.9 Å². The van der Waals surface area contributed by atoms with Crippen molar-refractivity contribution in [2.45, 2.75) is 36.2 Å². The van der Waals surface area contributed by atoms with Crippen molar-refractivity contribution in [1.82, 2.24) is 20.1 Å². The maximum absolute atomic E-state index is 12.1. The van der Waals surface area contributed by atoms with Gasteiger partial charge in [-0.1, -0.05) is 30.0 Å². The Bertz CT molecular complexity index is 797. The van der Waals surface area contributed by atoms with Crippen molar-refractivity contribution in [3.05, 3.63) is 40.8 Å². The summed E-state index contributed by atoms with van der Waals surface area (Å²) in [6.07, 6.45) is 1.88. The maximum atomic E-state index is 12.1. The first kappa shape index (κ1) is 16.3. The van der Waals surface area contributed by atoms with Crippen LogP contribution in [0.2, 0.25) is 0 Å². The van der Waals surface area contributed by atoms with Gasteiger partial charge in [-0.3, -0.25) is 14.7 Å². The molecule has 126 valence electrons. The number of urea groups is 1. The third-order valence-electron chi connectivity index (χ3n) is 3.50. The van der Waals surface area contributed by atoms with Crippen LogP contribution in [0.3, 0.4) is 0 Å². The van der Waals surface area contributed by atoms with Crippen molar-refractivity contribution in [3.63, 3.8) is 0 Å². The number of carbonyl (C=O) groups excluding carboxylic acids is 2.